The first-order valence-corrected chi connectivity index (χ1v) is 7.42. The van der Waals surface area contributed by atoms with Crippen LogP contribution in [0.2, 0.25) is 10.0 Å². The fourth-order valence-electron chi connectivity index (χ4n) is 1.98. The van der Waals surface area contributed by atoms with E-state index in [2.05, 4.69) is 0 Å². The Kier molecular flexibility index (Phi) is 4.23. The maximum absolute atomic E-state index is 12.3. The third-order valence-electron chi connectivity index (χ3n) is 2.85. The summed E-state index contributed by atoms with van der Waals surface area (Å²) in [6.07, 6.45) is 2.61. The highest BCUT2D eigenvalue weighted by Crippen LogP contribution is 2.29. The lowest BCUT2D eigenvalue weighted by Crippen LogP contribution is -2.24. The molecule has 0 amide bonds. The van der Waals surface area contributed by atoms with Crippen molar-refractivity contribution in [2.45, 2.75) is 35.8 Å². The molecule has 1 aliphatic carbocycles. The molecule has 0 saturated heterocycles. The molecular formula is C12H12Cl2O2S. The van der Waals surface area contributed by atoms with Gasteiger partial charge < -0.3 is 0 Å². The minimum Gasteiger partial charge on any atom is -0.300 e. The predicted octanol–water partition coefficient (Wildman–Crippen LogP) is 3.61. The van der Waals surface area contributed by atoms with Gasteiger partial charge in [-0.1, -0.05) is 23.2 Å². The number of hydrogen-bond donors (Lipinski definition) is 0. The van der Waals surface area contributed by atoms with Crippen molar-refractivity contribution in [3.8, 4) is 0 Å². The Bertz CT molecular complexity index is 474. The zero-order valence-corrected chi connectivity index (χ0v) is 11.4. The van der Waals surface area contributed by atoms with Gasteiger partial charge in [-0.05, 0) is 31.0 Å². The van der Waals surface area contributed by atoms with E-state index in [1.807, 2.05) is 0 Å². The van der Waals surface area contributed by atoms with Crippen molar-refractivity contribution in [3.63, 3.8) is 0 Å². The maximum atomic E-state index is 12.3. The summed E-state index contributed by atoms with van der Waals surface area (Å²) in [7, 11) is -1.25. The topological polar surface area (TPSA) is 34.1 Å². The molecule has 0 radical (unpaired) electrons. The molecule has 1 aromatic carbocycles. The van der Waals surface area contributed by atoms with E-state index in [1.54, 1.807) is 18.2 Å². The standard InChI is InChI=1S/C12H12Cl2O2S/c13-8-4-5-11(14)12(6-8)17(16)10-3-1-2-9(15)7-10/h4-6,10H,1-3,7H2. The average Bonchev–Trinajstić information content (AvgIpc) is 2.31. The zero-order chi connectivity index (χ0) is 12.4. The smallest absolute Gasteiger partial charge is 0.134 e. The van der Waals surface area contributed by atoms with E-state index in [-0.39, 0.29) is 11.0 Å². The normalized spacial score (nSPS) is 22.5. The summed E-state index contributed by atoms with van der Waals surface area (Å²) < 4.78 is 12.3. The van der Waals surface area contributed by atoms with Crippen molar-refractivity contribution in [2.75, 3.05) is 0 Å². The third-order valence-corrected chi connectivity index (χ3v) is 5.31. The second-order valence-electron chi connectivity index (χ2n) is 4.13. The summed E-state index contributed by atoms with van der Waals surface area (Å²) in [5.41, 5.74) is 0. The van der Waals surface area contributed by atoms with E-state index in [0.29, 0.717) is 27.8 Å². The Labute approximate surface area is 113 Å². The largest absolute Gasteiger partial charge is 0.300 e. The molecule has 0 spiro atoms. The number of carbonyl (C=O) groups is 1. The van der Waals surface area contributed by atoms with Crippen LogP contribution in [0.15, 0.2) is 23.1 Å². The van der Waals surface area contributed by atoms with Crippen LogP contribution < -0.4 is 0 Å². The Morgan fingerprint density at radius 3 is 2.76 bits per heavy atom. The van der Waals surface area contributed by atoms with Gasteiger partial charge in [-0.15, -0.1) is 0 Å². The number of halogens is 2. The molecule has 2 rings (SSSR count). The summed E-state index contributed by atoms with van der Waals surface area (Å²) in [4.78, 5) is 11.9. The van der Waals surface area contributed by atoms with E-state index in [0.717, 1.165) is 12.8 Å². The van der Waals surface area contributed by atoms with Crippen LogP contribution in [-0.4, -0.2) is 15.2 Å². The molecule has 2 unspecified atom stereocenters. The second kappa shape index (κ2) is 5.51. The first-order valence-electron chi connectivity index (χ1n) is 5.45. The highest BCUT2D eigenvalue weighted by molar-refractivity contribution is 7.85. The zero-order valence-electron chi connectivity index (χ0n) is 9.12. The summed E-state index contributed by atoms with van der Waals surface area (Å²) >= 11 is 11.9. The third kappa shape index (κ3) is 3.09. The lowest BCUT2D eigenvalue weighted by atomic mass is 9.99. The van der Waals surface area contributed by atoms with Gasteiger partial charge in [-0.2, -0.15) is 0 Å². The summed E-state index contributed by atoms with van der Waals surface area (Å²) in [6.45, 7) is 0. The molecular weight excluding hydrogens is 279 g/mol. The highest BCUT2D eigenvalue weighted by atomic mass is 35.5. The Hall–Kier alpha value is -0.380. The van der Waals surface area contributed by atoms with Gasteiger partial charge in [0.2, 0.25) is 0 Å². The van der Waals surface area contributed by atoms with Crippen molar-refractivity contribution >= 4 is 39.8 Å². The molecule has 17 heavy (non-hydrogen) atoms. The molecule has 1 fully saturated rings. The molecule has 0 heterocycles. The maximum Gasteiger partial charge on any atom is 0.134 e. The van der Waals surface area contributed by atoms with E-state index in [9.17, 15) is 9.00 Å². The van der Waals surface area contributed by atoms with Crippen molar-refractivity contribution in [1.82, 2.24) is 0 Å². The molecule has 2 atom stereocenters. The Morgan fingerprint density at radius 2 is 2.06 bits per heavy atom. The fraction of sp³-hybridized carbons (Fsp3) is 0.417. The molecule has 92 valence electrons. The van der Waals surface area contributed by atoms with Crippen LogP contribution >= 0.6 is 23.2 Å². The van der Waals surface area contributed by atoms with Crippen LogP contribution in [0.5, 0.6) is 0 Å². The monoisotopic (exact) mass is 290 g/mol. The fourth-order valence-corrected chi connectivity index (χ4v) is 4.14. The van der Waals surface area contributed by atoms with E-state index in [4.69, 9.17) is 23.2 Å². The lowest BCUT2D eigenvalue weighted by Gasteiger charge is -2.20. The molecule has 0 bridgehead atoms. The Balaban J connectivity index is 2.24. The van der Waals surface area contributed by atoms with Crippen LogP contribution in [0.4, 0.5) is 0 Å². The molecule has 1 saturated carbocycles. The van der Waals surface area contributed by atoms with Crippen molar-refractivity contribution in [3.05, 3.63) is 28.2 Å². The van der Waals surface area contributed by atoms with E-state index < -0.39 is 10.8 Å². The van der Waals surface area contributed by atoms with Gasteiger partial charge in [-0.25, -0.2) is 0 Å². The molecule has 0 N–H and O–H groups in total. The van der Waals surface area contributed by atoms with Crippen molar-refractivity contribution in [1.29, 1.82) is 0 Å². The van der Waals surface area contributed by atoms with Crippen LogP contribution in [0.1, 0.15) is 25.7 Å². The SMILES string of the molecule is O=C1CCCC(S(=O)c2cc(Cl)ccc2Cl)C1. The van der Waals surface area contributed by atoms with Gasteiger partial charge in [-0.3, -0.25) is 9.00 Å². The van der Waals surface area contributed by atoms with Gasteiger partial charge >= 0.3 is 0 Å². The van der Waals surface area contributed by atoms with Crippen LogP contribution in [0.3, 0.4) is 0 Å². The number of benzene rings is 1. The lowest BCUT2D eigenvalue weighted by molar-refractivity contribution is -0.120. The average molecular weight is 291 g/mol. The first kappa shape index (κ1) is 13.1. The summed E-state index contributed by atoms with van der Waals surface area (Å²) in [6, 6.07) is 4.93. The number of rotatable bonds is 2. The summed E-state index contributed by atoms with van der Waals surface area (Å²) in [5.74, 6) is 0.188. The number of ketones is 1. The van der Waals surface area contributed by atoms with Gasteiger partial charge in [0.25, 0.3) is 0 Å². The minimum absolute atomic E-state index is 0.118. The van der Waals surface area contributed by atoms with Crippen molar-refractivity contribution in [2.24, 2.45) is 0 Å². The quantitative estimate of drug-likeness (QED) is 0.834. The first-order chi connectivity index (χ1) is 8.08. The Morgan fingerprint density at radius 1 is 1.29 bits per heavy atom. The highest BCUT2D eigenvalue weighted by Gasteiger charge is 2.26. The number of Topliss-reactive ketones (excluding diaryl/α,β-unsaturated/α-hetero) is 1. The van der Waals surface area contributed by atoms with Gasteiger partial charge in [0.15, 0.2) is 0 Å². The van der Waals surface area contributed by atoms with Gasteiger partial charge in [0, 0.05) is 23.1 Å². The van der Waals surface area contributed by atoms with Gasteiger partial charge in [0.1, 0.15) is 5.78 Å². The molecule has 0 aliphatic heterocycles. The molecule has 1 aromatic rings. The number of hydrogen-bond acceptors (Lipinski definition) is 2. The molecule has 1 aliphatic rings. The van der Waals surface area contributed by atoms with Gasteiger partial charge in [0.05, 0.1) is 20.7 Å². The van der Waals surface area contributed by atoms with E-state index in [1.165, 1.54) is 0 Å². The minimum atomic E-state index is -1.25. The second-order valence-corrected chi connectivity index (χ2v) is 6.67. The van der Waals surface area contributed by atoms with E-state index >= 15 is 0 Å². The molecule has 5 heteroatoms. The number of carbonyl (C=O) groups excluding carboxylic acids is 1. The molecule has 0 aromatic heterocycles. The van der Waals surface area contributed by atoms with Crippen molar-refractivity contribution < 1.29 is 9.00 Å². The van der Waals surface area contributed by atoms with Crippen LogP contribution in [0, 0.1) is 0 Å². The summed E-state index contributed by atoms with van der Waals surface area (Å²) in [5, 5.41) is 0.845. The predicted molar refractivity (Wildman–Crippen MR) is 70.1 cm³/mol. The van der Waals surface area contributed by atoms with Crippen LogP contribution in [0.25, 0.3) is 0 Å². The molecule has 2 nitrogen and oxygen atoms in total. The van der Waals surface area contributed by atoms with Crippen LogP contribution in [-0.2, 0) is 15.6 Å².